The second kappa shape index (κ2) is 27.1. The first-order chi connectivity index (χ1) is 19.7. The first kappa shape index (κ1) is 40.5. The molecular weight excluding hydrogens is 492 g/mol. The number of allylic oxidation sites excluding steroid dienone is 4. The third-order valence-corrected chi connectivity index (χ3v) is 10.7. The highest BCUT2D eigenvalue weighted by atomic mass is 14.3. The first-order valence-corrected chi connectivity index (χ1v) is 19.1. The van der Waals surface area contributed by atoms with Crippen LogP contribution in [-0.4, -0.2) is 0 Å². The van der Waals surface area contributed by atoms with E-state index >= 15 is 0 Å². The zero-order chi connectivity index (χ0) is 30.9. The first-order valence-electron chi connectivity index (χ1n) is 19.1. The Bertz CT molecular complexity index is 612. The van der Waals surface area contributed by atoms with Gasteiger partial charge in [0.2, 0.25) is 0 Å². The van der Waals surface area contributed by atoms with Crippen LogP contribution in [0.3, 0.4) is 0 Å². The molecule has 0 aliphatic carbocycles. The van der Waals surface area contributed by atoms with Crippen LogP contribution in [0, 0.1) is 41.4 Å². The average molecular weight is 573 g/mol. The van der Waals surface area contributed by atoms with E-state index in [0.717, 1.165) is 47.8 Å². The molecule has 41 heavy (non-hydrogen) atoms. The summed E-state index contributed by atoms with van der Waals surface area (Å²) < 4.78 is 0. The molecule has 0 saturated heterocycles. The van der Waals surface area contributed by atoms with Crippen molar-refractivity contribution in [1.82, 2.24) is 0 Å². The van der Waals surface area contributed by atoms with Crippen LogP contribution in [0.25, 0.3) is 0 Å². The molecule has 0 fully saturated rings. The molecule has 0 bridgehead atoms. The number of hydrogen-bond acceptors (Lipinski definition) is 0. The Balaban J connectivity index is 5.32. The summed E-state index contributed by atoms with van der Waals surface area (Å²) in [5.74, 6) is 6.00. The number of unbranched alkanes of at least 4 members (excludes halogenated alkanes) is 4. The fourth-order valence-electron chi connectivity index (χ4n) is 7.14. The Morgan fingerprint density at radius 2 is 1.15 bits per heavy atom. The van der Waals surface area contributed by atoms with Gasteiger partial charge < -0.3 is 0 Å². The fourth-order valence-corrected chi connectivity index (χ4v) is 7.14. The van der Waals surface area contributed by atoms with Crippen LogP contribution in [-0.2, 0) is 0 Å². The Kier molecular flexibility index (Phi) is 26.7. The van der Waals surface area contributed by atoms with E-state index in [9.17, 15) is 0 Å². The third kappa shape index (κ3) is 20.9. The molecule has 0 N–H and O–H groups in total. The van der Waals surface area contributed by atoms with Crippen molar-refractivity contribution in [3.05, 3.63) is 23.8 Å². The summed E-state index contributed by atoms with van der Waals surface area (Å²) in [5, 5.41) is 0. The summed E-state index contributed by atoms with van der Waals surface area (Å²) in [6.45, 7) is 24.3. The molecule has 0 rings (SSSR count). The molecule has 0 aromatic rings. The van der Waals surface area contributed by atoms with Gasteiger partial charge >= 0.3 is 0 Å². The summed E-state index contributed by atoms with van der Waals surface area (Å²) in [6.07, 6.45) is 35.2. The van der Waals surface area contributed by atoms with Gasteiger partial charge in [0, 0.05) is 0 Å². The van der Waals surface area contributed by atoms with Gasteiger partial charge in [-0.1, -0.05) is 189 Å². The third-order valence-electron chi connectivity index (χ3n) is 10.7. The smallest absolute Gasteiger partial charge is 0.0166 e. The predicted octanol–water partition coefficient (Wildman–Crippen LogP) is 14.8. The van der Waals surface area contributed by atoms with Gasteiger partial charge in [0.05, 0.1) is 0 Å². The van der Waals surface area contributed by atoms with Crippen molar-refractivity contribution in [3.63, 3.8) is 0 Å². The van der Waals surface area contributed by atoms with Gasteiger partial charge in [0.15, 0.2) is 0 Å². The lowest BCUT2D eigenvalue weighted by atomic mass is 9.73. The highest BCUT2D eigenvalue weighted by molar-refractivity contribution is 5.03. The molecule has 7 unspecified atom stereocenters. The lowest BCUT2D eigenvalue weighted by Gasteiger charge is -2.33. The highest BCUT2D eigenvalue weighted by Crippen LogP contribution is 2.37. The van der Waals surface area contributed by atoms with Crippen LogP contribution in [0.2, 0.25) is 0 Å². The fraction of sp³-hybridized carbons (Fsp3) is 0.902. The minimum atomic E-state index is 0.750. The van der Waals surface area contributed by atoms with E-state index < -0.39 is 0 Å². The van der Waals surface area contributed by atoms with E-state index in [-0.39, 0.29) is 0 Å². The van der Waals surface area contributed by atoms with Crippen molar-refractivity contribution in [1.29, 1.82) is 0 Å². The van der Waals surface area contributed by atoms with E-state index in [1.807, 2.05) is 0 Å². The molecule has 0 amide bonds. The van der Waals surface area contributed by atoms with Crippen LogP contribution in [0.4, 0.5) is 0 Å². The molecule has 0 aromatic heterocycles. The molecule has 0 heterocycles. The van der Waals surface area contributed by atoms with Crippen molar-refractivity contribution in [2.24, 2.45) is 41.4 Å². The summed E-state index contributed by atoms with van der Waals surface area (Å²) in [4.78, 5) is 0. The molecule has 0 aliphatic rings. The highest BCUT2D eigenvalue weighted by Gasteiger charge is 2.26. The van der Waals surface area contributed by atoms with Crippen molar-refractivity contribution >= 4 is 0 Å². The van der Waals surface area contributed by atoms with Crippen molar-refractivity contribution in [2.45, 2.75) is 198 Å². The lowest BCUT2D eigenvalue weighted by Crippen LogP contribution is -2.23. The Hall–Kier alpha value is -0.520. The van der Waals surface area contributed by atoms with E-state index in [1.54, 1.807) is 0 Å². The van der Waals surface area contributed by atoms with Crippen molar-refractivity contribution in [3.8, 4) is 0 Å². The minimum Gasteiger partial charge on any atom is -0.0848 e. The Labute approximate surface area is 262 Å². The normalized spacial score (nSPS) is 17.9. The molecular formula is C41H80. The molecule has 0 nitrogen and oxygen atoms in total. The van der Waals surface area contributed by atoms with Gasteiger partial charge in [0.25, 0.3) is 0 Å². The minimum absolute atomic E-state index is 0.750. The van der Waals surface area contributed by atoms with E-state index in [0.29, 0.717) is 0 Å². The largest absolute Gasteiger partial charge is 0.0848 e. The van der Waals surface area contributed by atoms with E-state index in [4.69, 9.17) is 0 Å². The SMILES string of the molecule is CCCCCC(C)CCCC(C)CCC(C=CCC=C(C)CC)C(CCCC)C(C)CCC(C)C(CC)CCCC. The van der Waals surface area contributed by atoms with Gasteiger partial charge in [-0.15, -0.1) is 0 Å². The molecule has 244 valence electrons. The maximum Gasteiger partial charge on any atom is -0.0166 e. The molecule has 7 atom stereocenters. The maximum absolute atomic E-state index is 2.68. The lowest BCUT2D eigenvalue weighted by molar-refractivity contribution is 0.200. The Morgan fingerprint density at radius 3 is 1.76 bits per heavy atom. The standard InChI is InChI=1S/C41H80/c1-11-16-19-24-35(7)25-22-26-36(8)30-33-40(28-21-20-23-34(6)14-4)41(29-18-13-3)38(10)32-31-37(9)39(15-5)27-17-12-2/h21,23,28,35-41H,11-20,22,24-27,29-33H2,1-10H3. The number of rotatable bonds is 28. The predicted molar refractivity (Wildman–Crippen MR) is 191 cm³/mol. The van der Waals surface area contributed by atoms with Crippen LogP contribution >= 0.6 is 0 Å². The molecule has 0 saturated carbocycles. The van der Waals surface area contributed by atoms with Crippen LogP contribution in [0.1, 0.15) is 198 Å². The summed E-state index contributed by atoms with van der Waals surface area (Å²) in [7, 11) is 0. The molecule has 0 heteroatoms. The van der Waals surface area contributed by atoms with Crippen LogP contribution in [0.5, 0.6) is 0 Å². The molecule has 0 spiro atoms. The van der Waals surface area contributed by atoms with E-state index in [1.165, 1.54) is 128 Å². The quantitative estimate of drug-likeness (QED) is 0.0646. The van der Waals surface area contributed by atoms with Gasteiger partial charge in [-0.05, 0) is 74.0 Å². The number of hydrogen-bond donors (Lipinski definition) is 0. The summed E-state index contributed by atoms with van der Waals surface area (Å²) in [6, 6.07) is 0. The van der Waals surface area contributed by atoms with E-state index in [2.05, 4.69) is 87.5 Å². The van der Waals surface area contributed by atoms with Gasteiger partial charge in [-0.2, -0.15) is 0 Å². The summed E-state index contributed by atoms with van der Waals surface area (Å²) in [5.41, 5.74) is 1.53. The average Bonchev–Trinajstić information content (AvgIpc) is 2.96. The maximum atomic E-state index is 2.68. The Morgan fingerprint density at radius 1 is 0.561 bits per heavy atom. The van der Waals surface area contributed by atoms with Gasteiger partial charge in [0.1, 0.15) is 0 Å². The second-order valence-electron chi connectivity index (χ2n) is 14.6. The van der Waals surface area contributed by atoms with Gasteiger partial charge in [-0.25, -0.2) is 0 Å². The van der Waals surface area contributed by atoms with Crippen molar-refractivity contribution < 1.29 is 0 Å². The van der Waals surface area contributed by atoms with Gasteiger partial charge in [-0.3, -0.25) is 0 Å². The van der Waals surface area contributed by atoms with Crippen LogP contribution < -0.4 is 0 Å². The zero-order valence-corrected chi connectivity index (χ0v) is 30.4. The molecule has 0 aromatic carbocycles. The summed E-state index contributed by atoms with van der Waals surface area (Å²) >= 11 is 0. The van der Waals surface area contributed by atoms with Crippen LogP contribution in [0.15, 0.2) is 23.8 Å². The topological polar surface area (TPSA) is 0 Å². The van der Waals surface area contributed by atoms with Crippen molar-refractivity contribution in [2.75, 3.05) is 0 Å². The molecule has 0 aliphatic heterocycles. The molecule has 0 radical (unpaired) electrons. The monoisotopic (exact) mass is 573 g/mol. The second-order valence-corrected chi connectivity index (χ2v) is 14.6. The zero-order valence-electron chi connectivity index (χ0n) is 30.4.